The van der Waals surface area contributed by atoms with Crippen molar-refractivity contribution in [1.29, 1.82) is 5.26 Å². The SMILES string of the molecule is CCN(CC)C(=O)C(C#N)=Cc1cc(OC(=O)OC(C)(CC)C(=O)OC)c(O)c([N+](=O)[O-])c1. The van der Waals surface area contributed by atoms with Crippen LogP contribution >= 0.6 is 0 Å². The van der Waals surface area contributed by atoms with Crippen molar-refractivity contribution in [3.05, 3.63) is 33.4 Å². The van der Waals surface area contributed by atoms with E-state index in [1.54, 1.807) is 26.8 Å². The van der Waals surface area contributed by atoms with Gasteiger partial charge in [0.15, 0.2) is 5.75 Å². The number of nitro benzene ring substituents is 1. The maximum absolute atomic E-state index is 12.5. The fourth-order valence-electron chi connectivity index (χ4n) is 2.67. The Morgan fingerprint density at radius 1 is 1.27 bits per heavy atom. The second kappa shape index (κ2) is 11.5. The Bertz CT molecular complexity index is 1010. The smallest absolute Gasteiger partial charge is 0.499 e. The van der Waals surface area contributed by atoms with E-state index in [-0.39, 0.29) is 17.6 Å². The zero-order valence-corrected chi connectivity index (χ0v) is 18.9. The van der Waals surface area contributed by atoms with E-state index in [0.29, 0.717) is 13.1 Å². The lowest BCUT2D eigenvalue weighted by atomic mass is 10.0. The van der Waals surface area contributed by atoms with Crippen LogP contribution in [0.5, 0.6) is 11.5 Å². The number of ether oxygens (including phenoxy) is 3. The molecule has 1 aromatic rings. The van der Waals surface area contributed by atoms with Crippen LogP contribution in [0.4, 0.5) is 10.5 Å². The number of benzene rings is 1. The van der Waals surface area contributed by atoms with Gasteiger partial charge in [0.25, 0.3) is 5.91 Å². The van der Waals surface area contributed by atoms with Gasteiger partial charge in [-0.1, -0.05) is 6.92 Å². The molecule has 0 heterocycles. The topological polar surface area (TPSA) is 169 Å². The third-order valence-electron chi connectivity index (χ3n) is 4.78. The van der Waals surface area contributed by atoms with Crippen LogP contribution in [-0.2, 0) is 19.1 Å². The first kappa shape index (κ1) is 26.9. The molecule has 0 radical (unpaired) electrons. The molecule has 1 aromatic carbocycles. The summed E-state index contributed by atoms with van der Waals surface area (Å²) in [6, 6.07) is 3.65. The van der Waals surface area contributed by atoms with Gasteiger partial charge in [-0.3, -0.25) is 14.9 Å². The van der Waals surface area contributed by atoms with Gasteiger partial charge in [-0.15, -0.1) is 0 Å². The van der Waals surface area contributed by atoms with Crippen LogP contribution in [-0.4, -0.2) is 58.8 Å². The van der Waals surface area contributed by atoms with Crippen molar-refractivity contribution in [3.63, 3.8) is 0 Å². The lowest BCUT2D eigenvalue weighted by Crippen LogP contribution is -2.41. The normalized spacial score (nSPS) is 12.7. The highest BCUT2D eigenvalue weighted by molar-refractivity contribution is 6.01. The van der Waals surface area contributed by atoms with Gasteiger partial charge < -0.3 is 24.2 Å². The van der Waals surface area contributed by atoms with Gasteiger partial charge in [-0.2, -0.15) is 5.26 Å². The molecule has 0 aliphatic rings. The zero-order chi connectivity index (χ0) is 25.3. The quantitative estimate of drug-likeness (QED) is 0.143. The second-order valence-corrected chi connectivity index (χ2v) is 6.82. The summed E-state index contributed by atoms with van der Waals surface area (Å²) in [7, 11) is 1.10. The number of nitro groups is 1. The Morgan fingerprint density at radius 2 is 1.88 bits per heavy atom. The van der Waals surface area contributed by atoms with E-state index in [4.69, 9.17) is 9.47 Å². The van der Waals surface area contributed by atoms with E-state index in [2.05, 4.69) is 4.74 Å². The minimum Gasteiger partial charge on any atom is -0.499 e. The van der Waals surface area contributed by atoms with Crippen LogP contribution in [0.25, 0.3) is 6.08 Å². The van der Waals surface area contributed by atoms with Crippen molar-refractivity contribution in [1.82, 2.24) is 4.90 Å². The van der Waals surface area contributed by atoms with Crippen molar-refractivity contribution in [2.75, 3.05) is 20.2 Å². The van der Waals surface area contributed by atoms with Crippen molar-refractivity contribution in [2.24, 2.45) is 0 Å². The minimum absolute atomic E-state index is 0.0304. The lowest BCUT2D eigenvalue weighted by molar-refractivity contribution is -0.385. The highest BCUT2D eigenvalue weighted by Gasteiger charge is 2.38. The van der Waals surface area contributed by atoms with Crippen LogP contribution < -0.4 is 4.74 Å². The fraction of sp³-hybridized carbons (Fsp3) is 0.429. The van der Waals surface area contributed by atoms with Gasteiger partial charge in [0.05, 0.1) is 12.0 Å². The summed E-state index contributed by atoms with van der Waals surface area (Å²) in [4.78, 5) is 48.4. The molecule has 0 spiro atoms. The number of esters is 1. The summed E-state index contributed by atoms with van der Waals surface area (Å²) in [6.45, 7) is 6.94. The van der Waals surface area contributed by atoms with E-state index in [0.717, 1.165) is 25.3 Å². The first-order chi connectivity index (χ1) is 15.5. The number of nitrogens with zero attached hydrogens (tertiary/aromatic N) is 3. The molecule has 0 aromatic heterocycles. The molecule has 1 rings (SSSR count). The fourth-order valence-corrected chi connectivity index (χ4v) is 2.67. The third kappa shape index (κ3) is 6.42. The summed E-state index contributed by atoms with van der Waals surface area (Å²) >= 11 is 0. The molecule has 0 aliphatic carbocycles. The van der Waals surface area contributed by atoms with Gasteiger partial charge in [0.1, 0.15) is 11.6 Å². The van der Waals surface area contributed by atoms with Gasteiger partial charge in [0, 0.05) is 19.2 Å². The van der Waals surface area contributed by atoms with E-state index < -0.39 is 45.7 Å². The molecule has 1 atom stereocenters. The van der Waals surface area contributed by atoms with Gasteiger partial charge in [-0.05, 0) is 44.9 Å². The predicted molar refractivity (Wildman–Crippen MR) is 114 cm³/mol. The second-order valence-electron chi connectivity index (χ2n) is 6.82. The average molecular weight is 463 g/mol. The zero-order valence-electron chi connectivity index (χ0n) is 18.9. The molecular weight excluding hydrogens is 438 g/mol. The number of carbonyl (C=O) groups is 3. The summed E-state index contributed by atoms with van der Waals surface area (Å²) in [5, 5.41) is 30.9. The Kier molecular flexibility index (Phi) is 9.35. The molecule has 0 saturated heterocycles. The van der Waals surface area contributed by atoms with E-state index in [9.17, 15) is 34.9 Å². The Morgan fingerprint density at radius 3 is 2.33 bits per heavy atom. The van der Waals surface area contributed by atoms with E-state index in [1.807, 2.05) is 0 Å². The number of likely N-dealkylation sites (N-methyl/N-ethyl adjacent to an activating group) is 1. The highest BCUT2D eigenvalue weighted by atomic mass is 16.7. The number of rotatable bonds is 9. The summed E-state index contributed by atoms with van der Waals surface area (Å²) in [5.74, 6) is -3.12. The van der Waals surface area contributed by atoms with Crippen LogP contribution in [0.15, 0.2) is 17.7 Å². The van der Waals surface area contributed by atoms with E-state index >= 15 is 0 Å². The summed E-state index contributed by atoms with van der Waals surface area (Å²) in [5.41, 5.74) is -2.93. The van der Waals surface area contributed by atoms with Crippen molar-refractivity contribution >= 4 is 29.8 Å². The molecule has 0 saturated carbocycles. The first-order valence-corrected chi connectivity index (χ1v) is 9.89. The molecular formula is C21H25N3O9. The maximum atomic E-state index is 12.5. The Balaban J connectivity index is 3.43. The molecule has 0 aliphatic heterocycles. The van der Waals surface area contributed by atoms with Gasteiger partial charge in [0.2, 0.25) is 11.4 Å². The number of nitriles is 1. The molecule has 12 nitrogen and oxygen atoms in total. The third-order valence-corrected chi connectivity index (χ3v) is 4.78. The van der Waals surface area contributed by atoms with Crippen LogP contribution in [0.1, 0.15) is 39.7 Å². The minimum atomic E-state index is -1.70. The van der Waals surface area contributed by atoms with Crippen LogP contribution in [0, 0.1) is 21.4 Å². The number of hydrogen-bond donors (Lipinski definition) is 1. The molecule has 1 unspecified atom stereocenters. The number of methoxy groups -OCH3 is 1. The number of carbonyl (C=O) groups excluding carboxylic acids is 3. The lowest BCUT2D eigenvalue weighted by Gasteiger charge is -2.24. The summed E-state index contributed by atoms with van der Waals surface area (Å²) < 4.78 is 14.5. The van der Waals surface area contributed by atoms with Crippen molar-refractivity contribution in [3.8, 4) is 17.6 Å². The molecule has 0 fully saturated rings. The van der Waals surface area contributed by atoms with Crippen molar-refractivity contribution in [2.45, 2.75) is 39.7 Å². The van der Waals surface area contributed by atoms with Gasteiger partial charge >= 0.3 is 17.8 Å². The van der Waals surface area contributed by atoms with E-state index in [1.165, 1.54) is 11.8 Å². The number of phenolic OH excluding ortho intramolecular Hbond substituents is 1. The maximum Gasteiger partial charge on any atom is 0.515 e. The number of aromatic hydroxyl groups is 1. The largest absolute Gasteiger partial charge is 0.515 e. The highest BCUT2D eigenvalue weighted by Crippen LogP contribution is 2.38. The van der Waals surface area contributed by atoms with Crippen molar-refractivity contribution < 1.29 is 38.6 Å². The summed E-state index contributed by atoms with van der Waals surface area (Å²) in [6.07, 6.45) is -0.339. The molecule has 0 bridgehead atoms. The average Bonchev–Trinajstić information content (AvgIpc) is 2.78. The molecule has 33 heavy (non-hydrogen) atoms. The number of phenols is 1. The van der Waals surface area contributed by atoms with Crippen LogP contribution in [0.3, 0.4) is 0 Å². The van der Waals surface area contributed by atoms with Crippen LogP contribution in [0.2, 0.25) is 0 Å². The Labute approximate surface area is 190 Å². The number of amides is 1. The first-order valence-electron chi connectivity index (χ1n) is 9.89. The molecule has 178 valence electrons. The number of hydrogen-bond acceptors (Lipinski definition) is 10. The standard InChI is InChI=1S/C21H25N3O9/c1-6-21(4,19(27)31-5)33-20(28)32-16-11-13(10-15(17(16)25)24(29)30)9-14(12-22)18(26)23(7-2)8-3/h9-11,25H,6-8H2,1-5H3. The molecule has 1 N–H and O–H groups in total. The molecule has 1 amide bonds. The van der Waals surface area contributed by atoms with Gasteiger partial charge in [-0.25, -0.2) is 9.59 Å². The molecule has 12 heteroatoms. The predicted octanol–water partition coefficient (Wildman–Crippen LogP) is 2.93. The monoisotopic (exact) mass is 463 g/mol. The Hall–Kier alpha value is -4.14.